The molecule has 29 heavy (non-hydrogen) atoms. The van der Waals surface area contributed by atoms with Crippen LogP contribution in [0.1, 0.15) is 51.0 Å². The van der Waals surface area contributed by atoms with Crippen molar-refractivity contribution >= 4 is 49.1 Å². The van der Waals surface area contributed by atoms with Gasteiger partial charge in [0.1, 0.15) is 0 Å². The highest BCUT2D eigenvalue weighted by atomic mass is 79.9. The Kier molecular flexibility index (Phi) is 5.67. The first-order valence-electron chi connectivity index (χ1n) is 9.90. The summed E-state index contributed by atoms with van der Waals surface area (Å²) in [6, 6.07) is 6.07. The van der Waals surface area contributed by atoms with Gasteiger partial charge in [0.15, 0.2) is 5.78 Å². The number of methoxy groups -OCH3 is 1. The van der Waals surface area contributed by atoms with Crippen LogP contribution in [0.15, 0.2) is 50.6 Å². The number of nitrogens with one attached hydrogen (secondary N) is 1. The summed E-state index contributed by atoms with van der Waals surface area (Å²) in [4.78, 5) is 25.8. The molecule has 2 aromatic rings. The maximum absolute atomic E-state index is 13.1. The minimum atomic E-state index is -0.417. The highest BCUT2D eigenvalue weighted by molar-refractivity contribution is 9.10. The van der Waals surface area contributed by atoms with E-state index < -0.39 is 5.92 Å². The Morgan fingerprint density at radius 2 is 1.93 bits per heavy atom. The first kappa shape index (κ1) is 20.4. The summed E-state index contributed by atoms with van der Waals surface area (Å²) in [5.41, 5.74) is 4.01. The maximum atomic E-state index is 13.1. The molecule has 1 atom stereocenters. The summed E-state index contributed by atoms with van der Waals surface area (Å²) >= 11 is 5.26. The summed E-state index contributed by atoms with van der Waals surface area (Å²) in [6.07, 6.45) is 4.42. The van der Waals surface area contributed by atoms with Gasteiger partial charge in [-0.2, -0.15) is 0 Å². The van der Waals surface area contributed by atoms with E-state index in [9.17, 15) is 9.59 Å². The number of hydrogen-bond donors (Lipinski definition) is 1. The van der Waals surface area contributed by atoms with Crippen LogP contribution < -0.4 is 5.32 Å². The first-order chi connectivity index (χ1) is 13.9. The Morgan fingerprint density at radius 3 is 2.59 bits per heavy atom. The molecule has 1 N–H and O–H groups in total. The maximum Gasteiger partial charge on any atom is 0.336 e. The molecule has 152 valence electrons. The van der Waals surface area contributed by atoms with Gasteiger partial charge in [0.25, 0.3) is 0 Å². The van der Waals surface area contributed by atoms with E-state index in [2.05, 4.69) is 32.7 Å². The molecule has 0 spiro atoms. The van der Waals surface area contributed by atoms with Crippen LogP contribution in [0, 0.1) is 5.92 Å². The Balaban J connectivity index is 2.00. The molecule has 1 aromatic carbocycles. The van der Waals surface area contributed by atoms with Crippen LogP contribution in [0.4, 0.5) is 0 Å². The third kappa shape index (κ3) is 3.46. The Bertz CT molecular complexity index is 1060. The van der Waals surface area contributed by atoms with Crippen LogP contribution in [0.3, 0.4) is 0 Å². The average Bonchev–Trinajstić information content (AvgIpc) is 3.36. The number of halogens is 1. The molecule has 2 aliphatic rings. The van der Waals surface area contributed by atoms with Crippen molar-refractivity contribution in [2.24, 2.45) is 5.92 Å². The van der Waals surface area contributed by atoms with E-state index in [1.54, 1.807) is 18.3 Å². The van der Waals surface area contributed by atoms with Gasteiger partial charge in [-0.05, 0) is 70.9 Å². The van der Waals surface area contributed by atoms with Gasteiger partial charge in [-0.1, -0.05) is 25.0 Å². The quantitative estimate of drug-likeness (QED) is 0.567. The second kappa shape index (κ2) is 8.07. The van der Waals surface area contributed by atoms with Gasteiger partial charge in [-0.15, -0.1) is 11.3 Å². The van der Waals surface area contributed by atoms with E-state index in [0.29, 0.717) is 17.1 Å². The zero-order valence-corrected chi connectivity index (χ0v) is 19.2. The second-order valence-electron chi connectivity index (χ2n) is 7.76. The number of fused-ring (bicyclic) bond motifs is 1. The molecule has 2 heterocycles. The molecule has 0 radical (unpaired) electrons. The molecule has 4 rings (SSSR count). The molecule has 6 heteroatoms. The molecule has 1 fully saturated rings. The first-order valence-corrected chi connectivity index (χ1v) is 11.6. The summed E-state index contributed by atoms with van der Waals surface area (Å²) in [5.74, 6) is -0.502. The topological polar surface area (TPSA) is 55.4 Å². The van der Waals surface area contributed by atoms with Crippen LogP contribution >= 0.6 is 27.3 Å². The van der Waals surface area contributed by atoms with Crippen molar-refractivity contribution < 1.29 is 14.3 Å². The zero-order valence-electron chi connectivity index (χ0n) is 16.8. The third-order valence-electron chi connectivity index (χ3n) is 6.03. The number of thiophene rings is 1. The van der Waals surface area contributed by atoms with Gasteiger partial charge in [0.05, 0.1) is 12.7 Å². The minimum Gasteiger partial charge on any atom is -0.466 e. The van der Waals surface area contributed by atoms with E-state index in [-0.39, 0.29) is 11.8 Å². The standard InChI is InChI=1S/C23H24BrNO3S/c1-12-18(13(2)26)19(16-11-29-22-15(16)9-6-10-17(22)24)20(23(27)28-3)21(25-12)14-7-4-5-8-14/h6,9-11,14,19,25H,4-5,7-8H2,1-3H3. The number of dihydropyridines is 1. The molecule has 0 saturated heterocycles. The fourth-order valence-electron chi connectivity index (χ4n) is 4.77. The van der Waals surface area contributed by atoms with Crippen LogP contribution in [-0.4, -0.2) is 18.9 Å². The summed E-state index contributed by atoms with van der Waals surface area (Å²) in [6.45, 7) is 3.52. The lowest BCUT2D eigenvalue weighted by atomic mass is 9.76. The Morgan fingerprint density at radius 1 is 1.21 bits per heavy atom. The number of carbonyl (C=O) groups is 2. The molecule has 1 unspecified atom stereocenters. The summed E-state index contributed by atoms with van der Waals surface area (Å²) in [5, 5.41) is 6.58. The van der Waals surface area contributed by atoms with E-state index in [4.69, 9.17) is 4.74 Å². The highest BCUT2D eigenvalue weighted by Gasteiger charge is 2.40. The average molecular weight is 474 g/mol. The molecule has 4 nitrogen and oxygen atoms in total. The van der Waals surface area contributed by atoms with Crippen LogP contribution in [0.2, 0.25) is 0 Å². The molecule has 0 amide bonds. The summed E-state index contributed by atoms with van der Waals surface area (Å²) in [7, 11) is 1.42. The van der Waals surface area contributed by atoms with E-state index in [1.807, 2.05) is 19.1 Å². The monoisotopic (exact) mass is 473 g/mol. The van der Waals surface area contributed by atoms with Gasteiger partial charge in [-0.3, -0.25) is 4.79 Å². The lowest BCUT2D eigenvalue weighted by Gasteiger charge is -2.33. The molecule has 1 saturated carbocycles. The van der Waals surface area contributed by atoms with E-state index >= 15 is 0 Å². The molecule has 1 aliphatic carbocycles. The van der Waals surface area contributed by atoms with Crippen molar-refractivity contribution in [3.63, 3.8) is 0 Å². The number of ketones is 1. The number of allylic oxidation sites excluding steroid dienone is 3. The van der Waals surface area contributed by atoms with Gasteiger partial charge < -0.3 is 10.1 Å². The molecule has 1 aromatic heterocycles. The van der Waals surface area contributed by atoms with Crippen molar-refractivity contribution in [2.45, 2.75) is 45.4 Å². The predicted octanol–water partition coefficient (Wildman–Crippen LogP) is 5.83. The smallest absolute Gasteiger partial charge is 0.336 e. The minimum absolute atomic E-state index is 0.0266. The highest BCUT2D eigenvalue weighted by Crippen LogP contribution is 2.47. The lowest BCUT2D eigenvalue weighted by molar-refractivity contribution is -0.136. The van der Waals surface area contributed by atoms with Crippen molar-refractivity contribution in [1.82, 2.24) is 5.32 Å². The SMILES string of the molecule is COC(=O)C1=C(C2CCCC2)NC(C)=C(C(C)=O)C1c1csc2c(Br)cccc12. The number of esters is 1. The number of benzene rings is 1. The molecular weight excluding hydrogens is 450 g/mol. The zero-order chi connectivity index (χ0) is 20.7. The number of ether oxygens (including phenoxy) is 1. The third-order valence-corrected chi connectivity index (χ3v) is 8.01. The van der Waals surface area contributed by atoms with Gasteiger partial charge >= 0.3 is 5.97 Å². The number of hydrogen-bond acceptors (Lipinski definition) is 5. The predicted molar refractivity (Wildman–Crippen MR) is 120 cm³/mol. The number of Topliss-reactive ketones (excluding diaryl/α,β-unsaturated/α-hetero) is 1. The molecular formula is C23H24BrNO3S. The van der Waals surface area contributed by atoms with Crippen LogP contribution in [0.25, 0.3) is 10.1 Å². The molecule has 1 aliphatic heterocycles. The van der Waals surface area contributed by atoms with Gasteiger partial charge in [0.2, 0.25) is 0 Å². The summed E-state index contributed by atoms with van der Waals surface area (Å²) < 4.78 is 7.37. The number of rotatable bonds is 4. The fourth-order valence-corrected chi connectivity index (χ4v) is 6.42. The normalized spacial score (nSPS) is 20.3. The fraction of sp³-hybridized carbons (Fsp3) is 0.391. The van der Waals surface area contributed by atoms with Crippen LogP contribution in [-0.2, 0) is 14.3 Å². The van der Waals surface area contributed by atoms with Gasteiger partial charge in [0, 0.05) is 32.1 Å². The van der Waals surface area contributed by atoms with Crippen LogP contribution in [0.5, 0.6) is 0 Å². The second-order valence-corrected chi connectivity index (χ2v) is 9.49. The van der Waals surface area contributed by atoms with Gasteiger partial charge in [-0.25, -0.2) is 4.79 Å². The van der Waals surface area contributed by atoms with E-state index in [0.717, 1.165) is 57.2 Å². The van der Waals surface area contributed by atoms with Crippen molar-refractivity contribution in [3.05, 3.63) is 56.2 Å². The number of carbonyl (C=O) groups excluding carboxylic acids is 2. The van der Waals surface area contributed by atoms with E-state index in [1.165, 1.54) is 7.11 Å². The largest absolute Gasteiger partial charge is 0.466 e. The van der Waals surface area contributed by atoms with Crippen molar-refractivity contribution in [1.29, 1.82) is 0 Å². The lowest BCUT2D eigenvalue weighted by Crippen LogP contribution is -2.34. The Hall–Kier alpha value is -1.92. The molecule has 0 bridgehead atoms. The van der Waals surface area contributed by atoms with Crippen molar-refractivity contribution in [2.75, 3.05) is 7.11 Å². The van der Waals surface area contributed by atoms with Crippen molar-refractivity contribution in [3.8, 4) is 0 Å². The Labute approximate surface area is 183 Å².